The van der Waals surface area contributed by atoms with Gasteiger partial charge in [0.2, 0.25) is 15.9 Å². The minimum absolute atomic E-state index is 0.175. The lowest BCUT2D eigenvalue weighted by Crippen LogP contribution is -2.41. The summed E-state index contributed by atoms with van der Waals surface area (Å²) in [6.07, 6.45) is 3.59. The lowest BCUT2D eigenvalue weighted by Gasteiger charge is -2.31. The van der Waals surface area contributed by atoms with Crippen LogP contribution in [0, 0.1) is 5.92 Å². The van der Waals surface area contributed by atoms with Crippen molar-refractivity contribution in [3.8, 4) is 0 Å². The summed E-state index contributed by atoms with van der Waals surface area (Å²) in [6.45, 7) is 1.03. The van der Waals surface area contributed by atoms with E-state index in [1.165, 1.54) is 14.9 Å². The molecule has 0 unspecified atom stereocenters. The number of amides is 1. The molecule has 1 N–H and O–H groups in total. The second-order valence-electron chi connectivity index (χ2n) is 8.26. The lowest BCUT2D eigenvalue weighted by molar-refractivity contribution is -0.120. The van der Waals surface area contributed by atoms with Crippen molar-refractivity contribution >= 4 is 37.3 Å². The molecule has 0 aromatic heterocycles. The number of carbonyl (C=O) groups excluding carboxylic acids is 1. The van der Waals surface area contributed by atoms with Gasteiger partial charge < -0.3 is 5.32 Å². The highest BCUT2D eigenvalue weighted by atomic mass is 32.2. The smallest absolute Gasteiger partial charge is 0.264 e. The topological polar surface area (TPSA) is 104 Å². The zero-order chi connectivity index (χ0) is 22.9. The number of nitrogens with zero attached hydrogens (tertiary/aromatic N) is 2. The number of benzene rings is 2. The molecule has 0 saturated carbocycles. The maximum Gasteiger partial charge on any atom is 0.264 e. The van der Waals surface area contributed by atoms with E-state index in [-0.39, 0.29) is 16.7 Å². The number of hydrogen-bond acceptors (Lipinski definition) is 5. The molecule has 0 radical (unpaired) electrons. The number of hydrogen-bond donors (Lipinski definition) is 1. The average molecular weight is 478 g/mol. The predicted octanol–water partition coefficient (Wildman–Crippen LogP) is 2.44. The van der Waals surface area contributed by atoms with Gasteiger partial charge >= 0.3 is 0 Å². The normalized spacial score (nSPS) is 18.2. The van der Waals surface area contributed by atoms with Crippen molar-refractivity contribution in [2.75, 3.05) is 35.5 Å². The van der Waals surface area contributed by atoms with Gasteiger partial charge in [0.15, 0.2) is 0 Å². The zero-order valence-electron chi connectivity index (χ0n) is 17.9. The quantitative estimate of drug-likeness (QED) is 0.712. The van der Waals surface area contributed by atoms with Crippen molar-refractivity contribution in [2.45, 2.75) is 30.6 Å². The van der Waals surface area contributed by atoms with Crippen LogP contribution in [0.25, 0.3) is 0 Å². The van der Waals surface area contributed by atoms with Crippen LogP contribution in [0.5, 0.6) is 0 Å². The molecule has 172 valence electrons. The van der Waals surface area contributed by atoms with Crippen molar-refractivity contribution in [2.24, 2.45) is 5.92 Å². The summed E-state index contributed by atoms with van der Waals surface area (Å²) in [7, 11) is -6.95. The molecule has 0 spiro atoms. The SMILES string of the molecule is CS(=O)(=O)N1CCC(C(=O)Nc2ccc3c(c2)N(S(=O)(=O)c2ccccc2)CCC3)CC1. The lowest BCUT2D eigenvalue weighted by atomic mass is 9.97. The number of fused-ring (bicyclic) bond motifs is 1. The monoisotopic (exact) mass is 477 g/mol. The molecule has 4 rings (SSSR count). The molecule has 1 saturated heterocycles. The number of piperidine rings is 1. The van der Waals surface area contributed by atoms with Crippen LogP contribution < -0.4 is 9.62 Å². The van der Waals surface area contributed by atoms with Crippen LogP contribution in [-0.2, 0) is 31.3 Å². The Balaban J connectivity index is 1.52. The third-order valence-corrected chi connectivity index (χ3v) is 9.18. The van der Waals surface area contributed by atoms with Crippen molar-refractivity contribution in [3.63, 3.8) is 0 Å². The molecule has 10 heteroatoms. The highest BCUT2D eigenvalue weighted by molar-refractivity contribution is 7.92. The third-order valence-electron chi connectivity index (χ3n) is 6.05. The fourth-order valence-corrected chi connectivity index (χ4v) is 6.71. The van der Waals surface area contributed by atoms with Crippen LogP contribution in [0.2, 0.25) is 0 Å². The number of nitrogens with one attached hydrogen (secondary N) is 1. The Morgan fingerprint density at radius 1 is 0.969 bits per heavy atom. The molecule has 2 aliphatic heterocycles. The Bertz CT molecular complexity index is 1210. The van der Waals surface area contributed by atoms with E-state index in [0.29, 0.717) is 43.9 Å². The van der Waals surface area contributed by atoms with Crippen LogP contribution >= 0.6 is 0 Å². The van der Waals surface area contributed by atoms with E-state index in [0.717, 1.165) is 18.4 Å². The molecule has 2 aromatic carbocycles. The summed E-state index contributed by atoms with van der Waals surface area (Å²) in [5.74, 6) is -0.459. The minimum atomic E-state index is -3.70. The Labute approximate surface area is 189 Å². The van der Waals surface area contributed by atoms with Crippen LogP contribution in [-0.4, -0.2) is 52.9 Å². The van der Waals surface area contributed by atoms with E-state index >= 15 is 0 Å². The molecule has 0 bridgehead atoms. The molecule has 0 atom stereocenters. The molecular weight excluding hydrogens is 450 g/mol. The van der Waals surface area contributed by atoms with Gasteiger partial charge in [-0.15, -0.1) is 0 Å². The van der Waals surface area contributed by atoms with Crippen molar-refractivity contribution in [1.82, 2.24) is 4.31 Å². The van der Waals surface area contributed by atoms with E-state index < -0.39 is 20.0 Å². The maximum absolute atomic E-state index is 13.2. The Hall–Kier alpha value is -2.43. The molecule has 1 amide bonds. The van der Waals surface area contributed by atoms with Gasteiger partial charge in [0.1, 0.15) is 0 Å². The van der Waals surface area contributed by atoms with Gasteiger partial charge in [-0.3, -0.25) is 9.10 Å². The van der Waals surface area contributed by atoms with Crippen LogP contribution in [0.3, 0.4) is 0 Å². The Kier molecular flexibility index (Phi) is 6.28. The van der Waals surface area contributed by atoms with Gasteiger partial charge in [-0.2, -0.15) is 0 Å². The fraction of sp³-hybridized carbons (Fsp3) is 0.409. The molecule has 2 heterocycles. The molecule has 2 aliphatic rings. The molecule has 32 heavy (non-hydrogen) atoms. The summed E-state index contributed by atoms with van der Waals surface area (Å²) in [4.78, 5) is 13.0. The van der Waals surface area contributed by atoms with Gasteiger partial charge in [-0.05, 0) is 55.5 Å². The fourth-order valence-electron chi connectivity index (χ4n) is 4.28. The molecule has 1 fully saturated rings. The average Bonchev–Trinajstić information content (AvgIpc) is 2.78. The Morgan fingerprint density at radius 2 is 1.66 bits per heavy atom. The molecular formula is C22H27N3O5S2. The van der Waals surface area contributed by atoms with E-state index in [4.69, 9.17) is 0 Å². The van der Waals surface area contributed by atoms with Gasteiger partial charge in [-0.1, -0.05) is 24.3 Å². The second kappa shape index (κ2) is 8.84. The summed E-state index contributed by atoms with van der Waals surface area (Å²) in [6, 6.07) is 13.7. The number of carbonyl (C=O) groups is 1. The number of anilines is 2. The summed E-state index contributed by atoms with van der Waals surface area (Å²) in [5, 5.41) is 2.90. The highest BCUT2D eigenvalue weighted by Crippen LogP contribution is 2.34. The first-order valence-corrected chi connectivity index (χ1v) is 13.9. The first kappa shape index (κ1) is 22.8. The van der Waals surface area contributed by atoms with E-state index in [1.807, 2.05) is 6.07 Å². The van der Waals surface area contributed by atoms with Crippen LogP contribution in [0.1, 0.15) is 24.8 Å². The summed E-state index contributed by atoms with van der Waals surface area (Å²) >= 11 is 0. The minimum Gasteiger partial charge on any atom is -0.326 e. The largest absolute Gasteiger partial charge is 0.326 e. The third kappa shape index (κ3) is 4.67. The van der Waals surface area contributed by atoms with E-state index in [9.17, 15) is 21.6 Å². The molecule has 0 aliphatic carbocycles. The first-order chi connectivity index (χ1) is 15.2. The summed E-state index contributed by atoms with van der Waals surface area (Å²) in [5.41, 5.74) is 2.05. The van der Waals surface area contributed by atoms with Crippen molar-refractivity contribution in [3.05, 3.63) is 54.1 Å². The van der Waals surface area contributed by atoms with E-state index in [2.05, 4.69) is 5.32 Å². The van der Waals surface area contributed by atoms with Gasteiger partial charge in [0.05, 0.1) is 16.8 Å². The number of rotatable bonds is 5. The zero-order valence-corrected chi connectivity index (χ0v) is 19.5. The summed E-state index contributed by atoms with van der Waals surface area (Å²) < 4.78 is 52.6. The Morgan fingerprint density at radius 3 is 2.31 bits per heavy atom. The highest BCUT2D eigenvalue weighted by Gasteiger charge is 2.31. The van der Waals surface area contributed by atoms with E-state index in [1.54, 1.807) is 42.5 Å². The second-order valence-corrected chi connectivity index (χ2v) is 12.1. The predicted molar refractivity (Wildman–Crippen MR) is 124 cm³/mol. The molecule has 2 aromatic rings. The van der Waals surface area contributed by atoms with Crippen molar-refractivity contribution in [1.29, 1.82) is 0 Å². The van der Waals surface area contributed by atoms with Crippen LogP contribution in [0.4, 0.5) is 11.4 Å². The van der Waals surface area contributed by atoms with Crippen LogP contribution in [0.15, 0.2) is 53.4 Å². The maximum atomic E-state index is 13.2. The van der Waals surface area contributed by atoms with Crippen molar-refractivity contribution < 1.29 is 21.6 Å². The van der Waals surface area contributed by atoms with Gasteiger partial charge in [0.25, 0.3) is 10.0 Å². The number of aryl methyl sites for hydroxylation is 1. The first-order valence-electron chi connectivity index (χ1n) is 10.6. The standard InChI is InChI=1S/C22H27N3O5S2/c1-31(27,28)24-14-11-18(12-15-24)22(26)23-19-10-9-17-6-5-13-25(21(17)16-19)32(29,30)20-7-3-2-4-8-20/h2-4,7-10,16,18H,5-6,11-15H2,1H3,(H,23,26). The number of sulfonamides is 2. The molecule has 8 nitrogen and oxygen atoms in total. The van der Waals surface area contributed by atoms with Gasteiger partial charge in [0, 0.05) is 31.2 Å². The van der Waals surface area contributed by atoms with Gasteiger partial charge in [-0.25, -0.2) is 21.1 Å².